The van der Waals surface area contributed by atoms with E-state index in [1.54, 1.807) is 29.2 Å². The molecule has 0 spiro atoms. The number of carbonyl (C=O) groups is 2. The van der Waals surface area contributed by atoms with E-state index in [9.17, 15) is 9.59 Å². The number of hydrogen-bond acceptors (Lipinski definition) is 3. The first-order chi connectivity index (χ1) is 14.6. The second kappa shape index (κ2) is 10.1. The van der Waals surface area contributed by atoms with Crippen LogP contribution in [0.5, 0.6) is 0 Å². The fourth-order valence-electron chi connectivity index (χ4n) is 3.21. The zero-order valence-electron chi connectivity index (χ0n) is 16.9. The molecule has 0 aromatic heterocycles. The molecule has 1 saturated heterocycles. The van der Waals surface area contributed by atoms with E-state index in [1.165, 1.54) is 0 Å². The molecule has 1 unspecified atom stereocenters. The molecule has 0 bridgehead atoms. The topological polar surface area (TPSA) is 85.8 Å². The van der Waals surface area contributed by atoms with E-state index in [4.69, 9.17) is 6.42 Å². The summed E-state index contributed by atoms with van der Waals surface area (Å²) in [5.41, 5.74) is 2.20. The van der Waals surface area contributed by atoms with Crippen LogP contribution in [-0.4, -0.2) is 43.5 Å². The third-order valence-corrected chi connectivity index (χ3v) is 4.57. The molecule has 2 amide bonds. The summed E-state index contributed by atoms with van der Waals surface area (Å²) >= 11 is 0. The molecule has 154 valence electrons. The first kappa shape index (κ1) is 20.9. The lowest BCUT2D eigenvalue weighted by Crippen LogP contribution is -2.45. The van der Waals surface area contributed by atoms with Gasteiger partial charge in [-0.15, -0.1) is 6.42 Å². The molecule has 0 aliphatic carbocycles. The number of nitrogens with one attached hydrogen (secondary N) is 3. The molecule has 3 rings (SSSR count). The van der Waals surface area contributed by atoms with Gasteiger partial charge < -0.3 is 20.9 Å². The SMILES string of the molecule is C#Cc1cccc(NC(=O)CN=C(NCC)NC2CC(=O)N(c3ccccc3)C2)c1. The predicted octanol–water partition coefficient (Wildman–Crippen LogP) is 1.97. The lowest BCUT2D eigenvalue weighted by Gasteiger charge is -2.19. The number of carbonyl (C=O) groups excluding carboxylic acids is 2. The quantitative estimate of drug-likeness (QED) is 0.391. The van der Waals surface area contributed by atoms with Gasteiger partial charge in [0.1, 0.15) is 6.54 Å². The maximum absolute atomic E-state index is 12.4. The first-order valence-electron chi connectivity index (χ1n) is 9.86. The van der Waals surface area contributed by atoms with E-state index < -0.39 is 0 Å². The average molecular weight is 403 g/mol. The van der Waals surface area contributed by atoms with Gasteiger partial charge in [0.15, 0.2) is 5.96 Å². The largest absolute Gasteiger partial charge is 0.357 e. The lowest BCUT2D eigenvalue weighted by atomic mass is 10.2. The van der Waals surface area contributed by atoms with Crippen LogP contribution in [0.3, 0.4) is 0 Å². The Morgan fingerprint density at radius 2 is 2.03 bits per heavy atom. The Morgan fingerprint density at radius 3 is 2.77 bits per heavy atom. The Balaban J connectivity index is 1.58. The molecule has 2 aromatic rings. The molecule has 30 heavy (non-hydrogen) atoms. The summed E-state index contributed by atoms with van der Waals surface area (Å²) in [6, 6.07) is 16.6. The van der Waals surface area contributed by atoms with E-state index in [0.29, 0.717) is 36.7 Å². The number of para-hydroxylation sites is 1. The molecule has 1 aliphatic rings. The van der Waals surface area contributed by atoms with Crippen LogP contribution in [-0.2, 0) is 9.59 Å². The van der Waals surface area contributed by atoms with Crippen LogP contribution >= 0.6 is 0 Å². The summed E-state index contributed by atoms with van der Waals surface area (Å²) in [6.07, 6.45) is 5.75. The highest BCUT2D eigenvalue weighted by Gasteiger charge is 2.31. The highest BCUT2D eigenvalue weighted by atomic mass is 16.2. The monoisotopic (exact) mass is 403 g/mol. The minimum atomic E-state index is -0.255. The number of aliphatic imine (C=N–C) groups is 1. The molecule has 7 nitrogen and oxygen atoms in total. The van der Waals surface area contributed by atoms with Gasteiger partial charge in [-0.3, -0.25) is 9.59 Å². The lowest BCUT2D eigenvalue weighted by molar-refractivity contribution is -0.117. The van der Waals surface area contributed by atoms with Crippen LogP contribution in [0.25, 0.3) is 0 Å². The minimum absolute atomic E-state index is 0.0562. The molecule has 3 N–H and O–H groups in total. The highest BCUT2D eigenvalue weighted by molar-refractivity contribution is 5.97. The molecule has 1 heterocycles. The van der Waals surface area contributed by atoms with E-state index in [2.05, 4.69) is 26.9 Å². The Bertz CT molecular complexity index is 965. The van der Waals surface area contributed by atoms with Gasteiger partial charge in [-0.25, -0.2) is 4.99 Å². The van der Waals surface area contributed by atoms with Crippen molar-refractivity contribution in [2.24, 2.45) is 4.99 Å². The van der Waals surface area contributed by atoms with Crippen molar-refractivity contribution in [3.63, 3.8) is 0 Å². The maximum atomic E-state index is 12.4. The molecule has 2 aromatic carbocycles. The number of amides is 2. The van der Waals surface area contributed by atoms with E-state index in [0.717, 1.165) is 5.69 Å². The minimum Gasteiger partial charge on any atom is -0.357 e. The summed E-state index contributed by atoms with van der Waals surface area (Å²) in [7, 11) is 0. The van der Waals surface area contributed by atoms with Crippen molar-refractivity contribution in [1.29, 1.82) is 0 Å². The normalized spacial score (nSPS) is 16.1. The second-order valence-electron chi connectivity index (χ2n) is 6.85. The summed E-state index contributed by atoms with van der Waals surface area (Å²) in [4.78, 5) is 30.8. The van der Waals surface area contributed by atoms with E-state index >= 15 is 0 Å². The number of anilines is 2. The van der Waals surface area contributed by atoms with Crippen LogP contribution in [0.1, 0.15) is 18.9 Å². The fraction of sp³-hybridized carbons (Fsp3) is 0.261. The predicted molar refractivity (Wildman–Crippen MR) is 119 cm³/mol. The van der Waals surface area contributed by atoms with Crippen molar-refractivity contribution in [2.75, 3.05) is 29.9 Å². The Hall–Kier alpha value is -3.79. The van der Waals surface area contributed by atoms with Crippen molar-refractivity contribution in [1.82, 2.24) is 10.6 Å². The van der Waals surface area contributed by atoms with Gasteiger partial charge in [0.25, 0.3) is 0 Å². The zero-order chi connectivity index (χ0) is 21.3. The van der Waals surface area contributed by atoms with Crippen LogP contribution in [0.2, 0.25) is 0 Å². The average Bonchev–Trinajstić information content (AvgIpc) is 3.13. The standard InChI is InChI=1S/C23H25N5O2/c1-3-17-9-8-10-18(13-17)26-21(29)15-25-23(24-4-2)27-19-14-22(30)28(16-19)20-11-6-5-7-12-20/h1,5-13,19H,4,14-16H2,2H3,(H,26,29)(H2,24,25,27). The molecular weight excluding hydrogens is 378 g/mol. The van der Waals surface area contributed by atoms with E-state index in [1.807, 2.05) is 37.3 Å². The zero-order valence-corrected chi connectivity index (χ0v) is 16.9. The second-order valence-corrected chi connectivity index (χ2v) is 6.85. The Kier molecular flexibility index (Phi) is 7.06. The van der Waals surface area contributed by atoms with Crippen molar-refractivity contribution in [3.05, 3.63) is 60.2 Å². The fourth-order valence-corrected chi connectivity index (χ4v) is 3.21. The third-order valence-electron chi connectivity index (χ3n) is 4.57. The van der Waals surface area contributed by atoms with Gasteiger partial charge >= 0.3 is 0 Å². The summed E-state index contributed by atoms with van der Waals surface area (Å²) in [5.74, 6) is 2.84. The van der Waals surface area contributed by atoms with Crippen molar-refractivity contribution in [3.8, 4) is 12.3 Å². The molecule has 1 aliphatic heterocycles. The third kappa shape index (κ3) is 5.61. The van der Waals surface area contributed by atoms with Crippen molar-refractivity contribution in [2.45, 2.75) is 19.4 Å². The summed E-state index contributed by atoms with van der Waals surface area (Å²) in [6.45, 7) is 3.07. The number of rotatable bonds is 6. The number of nitrogens with zero attached hydrogens (tertiary/aromatic N) is 2. The smallest absolute Gasteiger partial charge is 0.246 e. The Labute approximate surface area is 176 Å². The number of guanidine groups is 1. The molecule has 0 saturated carbocycles. The van der Waals surface area contributed by atoms with Crippen LogP contribution in [0, 0.1) is 12.3 Å². The van der Waals surface area contributed by atoms with Crippen LogP contribution in [0.4, 0.5) is 11.4 Å². The van der Waals surface area contributed by atoms with Gasteiger partial charge in [-0.05, 0) is 37.3 Å². The summed E-state index contributed by atoms with van der Waals surface area (Å²) < 4.78 is 0. The molecule has 7 heteroatoms. The van der Waals surface area contributed by atoms with Crippen LogP contribution in [0.15, 0.2) is 59.6 Å². The Morgan fingerprint density at radius 1 is 1.23 bits per heavy atom. The van der Waals surface area contributed by atoms with Crippen molar-refractivity contribution < 1.29 is 9.59 Å². The first-order valence-corrected chi connectivity index (χ1v) is 9.86. The molecule has 0 radical (unpaired) electrons. The van der Waals surface area contributed by atoms with Crippen LogP contribution < -0.4 is 20.9 Å². The van der Waals surface area contributed by atoms with Gasteiger partial charge in [-0.1, -0.05) is 30.2 Å². The molecule has 1 atom stereocenters. The number of terminal acetylenes is 1. The summed E-state index contributed by atoms with van der Waals surface area (Å²) in [5, 5.41) is 9.16. The number of hydrogen-bond donors (Lipinski definition) is 3. The number of benzene rings is 2. The maximum Gasteiger partial charge on any atom is 0.246 e. The van der Waals surface area contributed by atoms with Gasteiger partial charge in [0.05, 0.1) is 6.04 Å². The molecular formula is C23H25N5O2. The van der Waals surface area contributed by atoms with Gasteiger partial charge in [0.2, 0.25) is 11.8 Å². The van der Waals surface area contributed by atoms with Gasteiger partial charge in [0, 0.05) is 36.4 Å². The van der Waals surface area contributed by atoms with E-state index in [-0.39, 0.29) is 24.4 Å². The van der Waals surface area contributed by atoms with Gasteiger partial charge in [-0.2, -0.15) is 0 Å². The van der Waals surface area contributed by atoms with Crippen molar-refractivity contribution >= 4 is 29.1 Å². The highest BCUT2D eigenvalue weighted by Crippen LogP contribution is 2.20. The molecule has 1 fully saturated rings.